The third-order valence-corrected chi connectivity index (χ3v) is 4.42. The van der Waals surface area contributed by atoms with Gasteiger partial charge in [0.05, 0.1) is 5.70 Å². The summed E-state index contributed by atoms with van der Waals surface area (Å²) in [6.45, 7) is 6.18. The van der Waals surface area contributed by atoms with Gasteiger partial charge in [-0.15, -0.1) is 0 Å². The van der Waals surface area contributed by atoms with Crippen molar-refractivity contribution in [3.05, 3.63) is 95.5 Å². The Hall–Kier alpha value is -3.47. The number of amides is 1. The Morgan fingerprint density at radius 3 is 2.68 bits per heavy atom. The molecule has 1 heterocycles. The number of aliphatic imine (C=N–C) groups is 1. The van der Waals surface area contributed by atoms with E-state index in [1.54, 1.807) is 24.3 Å². The molecule has 31 heavy (non-hydrogen) atoms. The molecule has 5 heteroatoms. The molecular formula is C26H32N2O3. The van der Waals surface area contributed by atoms with Gasteiger partial charge in [0.2, 0.25) is 6.41 Å². The number of carboxylic acid groups (broad SMARTS) is 1. The van der Waals surface area contributed by atoms with Crippen LogP contribution in [0.15, 0.2) is 100 Å². The van der Waals surface area contributed by atoms with Crippen LogP contribution in [0.5, 0.6) is 0 Å². The molecule has 0 aromatic rings. The quantitative estimate of drug-likeness (QED) is 0.569. The first kappa shape index (κ1) is 25.6. The number of carbonyl (C=O) groups excluding carboxylic acids is 1. The fourth-order valence-electron chi connectivity index (χ4n) is 2.83. The number of aliphatic carboxylic acids is 1. The number of hydrogen-bond acceptors (Lipinski definition) is 3. The van der Waals surface area contributed by atoms with Gasteiger partial charge in [0.1, 0.15) is 5.92 Å². The average molecular weight is 421 g/mol. The highest BCUT2D eigenvalue weighted by atomic mass is 16.4. The van der Waals surface area contributed by atoms with E-state index in [2.05, 4.69) is 53.7 Å². The van der Waals surface area contributed by atoms with Crippen molar-refractivity contribution in [3.63, 3.8) is 0 Å². The number of allylic oxidation sites excluding steroid dienone is 13. The summed E-state index contributed by atoms with van der Waals surface area (Å²) in [5.41, 5.74) is 4.17. The minimum atomic E-state index is -0.986. The molecule has 0 aromatic carbocycles. The summed E-state index contributed by atoms with van der Waals surface area (Å²) >= 11 is 0. The summed E-state index contributed by atoms with van der Waals surface area (Å²) < 4.78 is 0. The molecule has 5 nitrogen and oxygen atoms in total. The van der Waals surface area contributed by atoms with Gasteiger partial charge < -0.3 is 10.4 Å². The summed E-state index contributed by atoms with van der Waals surface area (Å²) in [5.74, 6) is -1.76. The van der Waals surface area contributed by atoms with E-state index in [0.29, 0.717) is 12.1 Å². The molecule has 1 amide bonds. The first-order valence-corrected chi connectivity index (χ1v) is 10.6. The molecule has 1 aliphatic heterocycles. The van der Waals surface area contributed by atoms with Gasteiger partial charge in [-0.3, -0.25) is 14.6 Å². The van der Waals surface area contributed by atoms with Crippen LogP contribution in [0.25, 0.3) is 0 Å². The van der Waals surface area contributed by atoms with Crippen molar-refractivity contribution in [2.75, 3.05) is 0 Å². The third kappa shape index (κ3) is 9.26. The lowest BCUT2D eigenvalue weighted by Gasteiger charge is -2.09. The Kier molecular flexibility index (Phi) is 12.7. The molecule has 0 saturated heterocycles. The molecule has 3 aliphatic rings. The van der Waals surface area contributed by atoms with E-state index in [4.69, 9.17) is 5.11 Å². The molecule has 0 radical (unpaired) electrons. The van der Waals surface area contributed by atoms with Crippen LogP contribution >= 0.6 is 0 Å². The van der Waals surface area contributed by atoms with E-state index < -0.39 is 11.9 Å². The molecule has 1 atom stereocenters. The first-order chi connectivity index (χ1) is 15.2. The maximum atomic E-state index is 10.7. The summed E-state index contributed by atoms with van der Waals surface area (Å²) in [6, 6.07) is 0. The Morgan fingerprint density at radius 1 is 1.16 bits per heavy atom. The van der Waals surface area contributed by atoms with Crippen molar-refractivity contribution in [1.82, 2.24) is 5.32 Å². The number of carbonyl (C=O) groups is 2. The highest BCUT2D eigenvalue weighted by Gasteiger charge is 2.18. The lowest BCUT2D eigenvalue weighted by Crippen LogP contribution is -2.23. The van der Waals surface area contributed by atoms with Crippen molar-refractivity contribution in [2.24, 2.45) is 10.9 Å². The predicted molar refractivity (Wildman–Crippen MR) is 129 cm³/mol. The Labute approximate surface area is 185 Å². The largest absolute Gasteiger partial charge is 0.481 e. The number of rotatable bonds is 5. The molecule has 0 bridgehead atoms. The van der Waals surface area contributed by atoms with Gasteiger partial charge in [-0.2, -0.15) is 0 Å². The molecule has 3 rings (SSSR count). The van der Waals surface area contributed by atoms with E-state index in [0.717, 1.165) is 25.0 Å². The van der Waals surface area contributed by atoms with Crippen LogP contribution in [-0.4, -0.2) is 23.7 Å². The maximum absolute atomic E-state index is 10.7. The number of carboxylic acids is 1. The van der Waals surface area contributed by atoms with Crippen LogP contribution in [0, 0.1) is 5.92 Å². The molecule has 0 saturated carbocycles. The van der Waals surface area contributed by atoms with Crippen molar-refractivity contribution in [2.45, 2.75) is 40.0 Å². The van der Waals surface area contributed by atoms with Crippen LogP contribution in [0.3, 0.4) is 0 Å². The van der Waals surface area contributed by atoms with Gasteiger partial charge >= 0.3 is 5.97 Å². The van der Waals surface area contributed by atoms with Crippen molar-refractivity contribution < 1.29 is 14.7 Å². The van der Waals surface area contributed by atoms with Gasteiger partial charge in [0.25, 0.3) is 0 Å². The van der Waals surface area contributed by atoms with Gasteiger partial charge in [0.15, 0.2) is 0 Å². The lowest BCUT2D eigenvalue weighted by atomic mass is 10.1. The van der Waals surface area contributed by atoms with Gasteiger partial charge in [-0.05, 0) is 42.6 Å². The number of nitrogens with zero attached hydrogens (tertiary/aromatic N) is 1. The highest BCUT2D eigenvalue weighted by molar-refractivity contribution is 5.77. The summed E-state index contributed by atoms with van der Waals surface area (Å²) in [4.78, 5) is 25.3. The van der Waals surface area contributed by atoms with E-state index in [-0.39, 0.29) is 0 Å². The maximum Gasteiger partial charge on any atom is 0.316 e. The SMILES string of the molecule is CC.CCC1=CC=C(C2=CCC=CC=N2)CC=C1.O=CNC1=CC=CC=CC1C(=O)O. The van der Waals surface area contributed by atoms with Crippen LogP contribution < -0.4 is 5.32 Å². The van der Waals surface area contributed by atoms with Crippen molar-refractivity contribution >= 4 is 18.6 Å². The summed E-state index contributed by atoms with van der Waals surface area (Å²) in [6.07, 6.45) is 28.6. The molecular weight excluding hydrogens is 388 g/mol. The Morgan fingerprint density at radius 2 is 1.97 bits per heavy atom. The Balaban J connectivity index is 0.000000293. The van der Waals surface area contributed by atoms with Gasteiger partial charge in [-0.25, -0.2) is 0 Å². The third-order valence-electron chi connectivity index (χ3n) is 4.42. The van der Waals surface area contributed by atoms with Crippen LogP contribution in [0.1, 0.15) is 40.0 Å². The second-order valence-corrected chi connectivity index (χ2v) is 6.39. The zero-order chi connectivity index (χ0) is 22.9. The normalized spacial score (nSPS) is 18.9. The monoisotopic (exact) mass is 420 g/mol. The van der Waals surface area contributed by atoms with E-state index >= 15 is 0 Å². The zero-order valence-corrected chi connectivity index (χ0v) is 18.5. The van der Waals surface area contributed by atoms with Crippen LogP contribution in [0.2, 0.25) is 0 Å². The molecule has 2 aliphatic carbocycles. The minimum absolute atomic E-state index is 0.368. The molecule has 2 N–H and O–H groups in total. The summed E-state index contributed by atoms with van der Waals surface area (Å²) in [7, 11) is 0. The van der Waals surface area contributed by atoms with Crippen molar-refractivity contribution in [1.29, 1.82) is 0 Å². The van der Waals surface area contributed by atoms with E-state index in [9.17, 15) is 9.59 Å². The fourth-order valence-corrected chi connectivity index (χ4v) is 2.83. The second-order valence-electron chi connectivity index (χ2n) is 6.39. The van der Waals surface area contributed by atoms with Gasteiger partial charge in [-0.1, -0.05) is 81.5 Å². The molecule has 0 aromatic heterocycles. The zero-order valence-electron chi connectivity index (χ0n) is 18.5. The molecule has 0 fully saturated rings. The van der Waals surface area contributed by atoms with Crippen LogP contribution in [-0.2, 0) is 9.59 Å². The first-order valence-electron chi connectivity index (χ1n) is 10.6. The van der Waals surface area contributed by atoms with Crippen LogP contribution in [0.4, 0.5) is 0 Å². The summed E-state index contributed by atoms with van der Waals surface area (Å²) in [5, 5.41) is 11.1. The minimum Gasteiger partial charge on any atom is -0.481 e. The molecule has 164 valence electrons. The van der Waals surface area contributed by atoms with E-state index in [1.807, 2.05) is 26.1 Å². The highest BCUT2D eigenvalue weighted by Crippen LogP contribution is 2.22. The lowest BCUT2D eigenvalue weighted by molar-refractivity contribution is -0.139. The molecule has 0 spiro atoms. The second kappa shape index (κ2) is 15.4. The van der Waals surface area contributed by atoms with Crippen molar-refractivity contribution in [3.8, 4) is 0 Å². The van der Waals surface area contributed by atoms with E-state index in [1.165, 1.54) is 17.2 Å². The standard InChI is InChI=1S/C15H17N.C9H9NO3.C2H6/c1-2-13-7-6-8-14(11-10-13)15-9-4-3-5-12-16-15;11-6-10-8-5-3-1-2-4-7(8)9(12)13;1-2/h3,5-7,9-12H,2,4,8H2,1H3;1-7H,(H,10,11)(H,12,13);1-2H3. The molecule has 1 unspecified atom stereocenters. The fraction of sp³-hybridized carbons (Fsp3) is 0.269. The topological polar surface area (TPSA) is 78.8 Å². The number of hydrogen-bond donors (Lipinski definition) is 2. The average Bonchev–Trinajstić information content (AvgIpc) is 3.29. The number of nitrogens with one attached hydrogen (secondary N) is 1. The smallest absolute Gasteiger partial charge is 0.316 e. The predicted octanol–water partition coefficient (Wildman–Crippen LogP) is 5.59. The van der Waals surface area contributed by atoms with Gasteiger partial charge in [0, 0.05) is 11.9 Å². The Bertz CT molecular complexity index is 878.